The highest BCUT2D eigenvalue weighted by Gasteiger charge is 2.19. The summed E-state index contributed by atoms with van der Waals surface area (Å²) in [6, 6.07) is 0. The smallest absolute Gasteiger partial charge is 0.306 e. The molecule has 0 fully saturated rings. The monoisotopic (exact) mass is 987 g/mol. The molecule has 0 rings (SSSR count). The molecule has 0 heterocycles. The van der Waals surface area contributed by atoms with Crippen LogP contribution in [0.15, 0.2) is 97.2 Å². The maximum Gasteiger partial charge on any atom is 0.306 e. The molecule has 0 aromatic rings. The van der Waals surface area contributed by atoms with E-state index in [0.29, 0.717) is 19.3 Å². The molecule has 0 amide bonds. The molecular weight excluding hydrogens is 877 g/mol. The lowest BCUT2D eigenvalue weighted by atomic mass is 10.1. The number of hydrogen-bond acceptors (Lipinski definition) is 6. The highest BCUT2D eigenvalue weighted by atomic mass is 16.6. The van der Waals surface area contributed by atoms with Gasteiger partial charge in [-0.25, -0.2) is 0 Å². The summed E-state index contributed by atoms with van der Waals surface area (Å²) in [7, 11) is 0. The maximum absolute atomic E-state index is 12.9. The van der Waals surface area contributed by atoms with Gasteiger partial charge in [0.05, 0.1) is 0 Å². The van der Waals surface area contributed by atoms with Gasteiger partial charge in [-0.15, -0.1) is 0 Å². The van der Waals surface area contributed by atoms with Crippen molar-refractivity contribution in [2.24, 2.45) is 0 Å². The van der Waals surface area contributed by atoms with Crippen LogP contribution in [0.1, 0.15) is 278 Å². The zero-order valence-corrected chi connectivity index (χ0v) is 46.5. The van der Waals surface area contributed by atoms with Gasteiger partial charge >= 0.3 is 17.9 Å². The fraction of sp³-hybridized carbons (Fsp3) is 0.708. The minimum absolute atomic E-state index is 0.109. The second-order valence-electron chi connectivity index (χ2n) is 19.6. The average molecular weight is 988 g/mol. The number of hydrogen-bond donors (Lipinski definition) is 0. The van der Waals surface area contributed by atoms with Crippen LogP contribution in [0.4, 0.5) is 0 Å². The Bertz CT molecular complexity index is 1410. The van der Waals surface area contributed by atoms with Gasteiger partial charge in [0.1, 0.15) is 13.2 Å². The summed E-state index contributed by atoms with van der Waals surface area (Å²) in [5.41, 5.74) is 0. The molecule has 0 saturated carbocycles. The first-order valence-corrected chi connectivity index (χ1v) is 29.8. The molecule has 6 nitrogen and oxygen atoms in total. The van der Waals surface area contributed by atoms with Gasteiger partial charge in [0.2, 0.25) is 0 Å². The second-order valence-corrected chi connectivity index (χ2v) is 19.6. The SMILES string of the molecule is CCCCC/C=C\C/C=C\C/C=C\C/C=C\CCCC(=O)OCC(COC(=O)CCCCCCC/C=C\C=C/CCCCCCCCC)OC(=O)CCCCCCC/C=C\C=C/CCCCCCCCC. The minimum atomic E-state index is -0.816. The number of ether oxygens (including phenoxy) is 3. The van der Waals surface area contributed by atoms with E-state index in [0.717, 1.165) is 103 Å². The van der Waals surface area contributed by atoms with Gasteiger partial charge in [0.25, 0.3) is 0 Å². The van der Waals surface area contributed by atoms with Crippen molar-refractivity contribution in [2.75, 3.05) is 13.2 Å². The molecule has 6 heteroatoms. The Morgan fingerprint density at radius 2 is 0.563 bits per heavy atom. The summed E-state index contributed by atoms with van der Waals surface area (Å²) in [6.07, 6.45) is 78.3. The molecule has 0 aromatic carbocycles. The van der Waals surface area contributed by atoms with Crippen molar-refractivity contribution >= 4 is 17.9 Å². The van der Waals surface area contributed by atoms with Gasteiger partial charge in [-0.1, -0.05) is 246 Å². The average Bonchev–Trinajstić information content (AvgIpc) is 3.37. The van der Waals surface area contributed by atoms with E-state index < -0.39 is 6.10 Å². The lowest BCUT2D eigenvalue weighted by Gasteiger charge is -2.18. The summed E-state index contributed by atoms with van der Waals surface area (Å²) in [6.45, 7) is 6.54. The maximum atomic E-state index is 12.9. The highest BCUT2D eigenvalue weighted by Crippen LogP contribution is 2.14. The van der Waals surface area contributed by atoms with E-state index >= 15 is 0 Å². The molecule has 0 spiro atoms. The number of carbonyl (C=O) groups excluding carboxylic acids is 3. The third-order valence-corrected chi connectivity index (χ3v) is 12.6. The molecule has 0 saturated heterocycles. The van der Waals surface area contributed by atoms with Crippen LogP contribution in [0, 0.1) is 0 Å². The first kappa shape index (κ1) is 67.3. The molecule has 1 atom stereocenters. The van der Waals surface area contributed by atoms with Crippen LogP contribution in [0.3, 0.4) is 0 Å². The number of unbranched alkanes of at least 4 members (excludes halogenated alkanes) is 28. The van der Waals surface area contributed by atoms with Crippen LogP contribution in [0.25, 0.3) is 0 Å². The van der Waals surface area contributed by atoms with E-state index in [1.807, 2.05) is 0 Å². The van der Waals surface area contributed by atoms with E-state index in [2.05, 4.69) is 118 Å². The molecular formula is C65H110O6. The van der Waals surface area contributed by atoms with Crippen LogP contribution in [0.2, 0.25) is 0 Å². The number of esters is 3. The summed E-state index contributed by atoms with van der Waals surface area (Å²) in [4.78, 5) is 38.2. The van der Waals surface area contributed by atoms with E-state index in [-0.39, 0.29) is 37.5 Å². The molecule has 0 aliphatic carbocycles. The van der Waals surface area contributed by atoms with Crippen LogP contribution >= 0.6 is 0 Å². The van der Waals surface area contributed by atoms with Crippen molar-refractivity contribution in [2.45, 2.75) is 284 Å². The van der Waals surface area contributed by atoms with Crippen LogP contribution in [-0.4, -0.2) is 37.2 Å². The summed E-state index contributed by atoms with van der Waals surface area (Å²) in [5, 5.41) is 0. The molecule has 0 bridgehead atoms. The fourth-order valence-corrected chi connectivity index (χ4v) is 8.06. The Kier molecular flexibility index (Phi) is 55.9. The molecule has 406 valence electrons. The van der Waals surface area contributed by atoms with Crippen molar-refractivity contribution in [3.63, 3.8) is 0 Å². The van der Waals surface area contributed by atoms with Crippen LogP contribution in [-0.2, 0) is 28.6 Å². The van der Waals surface area contributed by atoms with Gasteiger partial charge < -0.3 is 14.2 Å². The van der Waals surface area contributed by atoms with Gasteiger partial charge in [-0.2, -0.15) is 0 Å². The Hall–Kier alpha value is -3.67. The van der Waals surface area contributed by atoms with Gasteiger partial charge in [0, 0.05) is 19.3 Å². The second kappa shape index (κ2) is 58.9. The summed E-state index contributed by atoms with van der Waals surface area (Å²) >= 11 is 0. The lowest BCUT2D eigenvalue weighted by Crippen LogP contribution is -2.30. The van der Waals surface area contributed by atoms with E-state index in [9.17, 15) is 14.4 Å². The zero-order chi connectivity index (χ0) is 51.4. The van der Waals surface area contributed by atoms with Gasteiger partial charge in [0.15, 0.2) is 6.10 Å². The quantitative estimate of drug-likeness (QED) is 0.0199. The van der Waals surface area contributed by atoms with Crippen molar-refractivity contribution in [3.8, 4) is 0 Å². The Morgan fingerprint density at radius 3 is 0.958 bits per heavy atom. The first-order chi connectivity index (χ1) is 35.0. The number of allylic oxidation sites excluding steroid dienone is 16. The molecule has 0 N–H and O–H groups in total. The van der Waals surface area contributed by atoms with Crippen molar-refractivity contribution in [1.82, 2.24) is 0 Å². The molecule has 1 unspecified atom stereocenters. The minimum Gasteiger partial charge on any atom is -0.462 e. The first-order valence-electron chi connectivity index (χ1n) is 29.8. The van der Waals surface area contributed by atoms with Crippen LogP contribution in [0.5, 0.6) is 0 Å². The standard InChI is InChI=1S/C65H110O6/c1-4-7-10-13-16-19-22-25-28-31-34-37-40-43-46-49-52-55-58-64(67)70-61-62(60-69-63(66)57-54-51-48-45-42-39-36-33-30-27-24-21-18-15-12-9-6-3)71-65(68)59-56-53-50-47-44-41-38-35-32-29-26-23-20-17-14-11-8-5-2/h18,21,27-32,34-39,45,48,62H,4-17,19-20,22-26,33,40-44,46-47,49-61H2,1-3H3/b21-18-,30-27-,31-28-,32-29-,37-34-,38-35-,39-36-,48-45-. The summed E-state index contributed by atoms with van der Waals surface area (Å²) < 4.78 is 16.8. The van der Waals surface area contributed by atoms with Gasteiger partial charge in [-0.3, -0.25) is 14.4 Å². The lowest BCUT2D eigenvalue weighted by molar-refractivity contribution is -0.167. The predicted octanol–water partition coefficient (Wildman–Crippen LogP) is 20.1. The molecule has 71 heavy (non-hydrogen) atoms. The Balaban J connectivity index is 4.53. The number of carbonyl (C=O) groups is 3. The van der Waals surface area contributed by atoms with Crippen LogP contribution < -0.4 is 0 Å². The number of rotatable bonds is 53. The highest BCUT2D eigenvalue weighted by molar-refractivity contribution is 5.71. The van der Waals surface area contributed by atoms with Crippen molar-refractivity contribution in [3.05, 3.63) is 97.2 Å². The molecule has 0 radical (unpaired) electrons. The summed E-state index contributed by atoms with van der Waals surface area (Å²) in [5.74, 6) is -0.992. The molecule has 0 aromatic heterocycles. The van der Waals surface area contributed by atoms with Gasteiger partial charge in [-0.05, 0) is 109 Å². The Morgan fingerprint density at radius 1 is 0.296 bits per heavy atom. The van der Waals surface area contributed by atoms with Crippen molar-refractivity contribution in [1.29, 1.82) is 0 Å². The Labute approximate surface area is 438 Å². The molecule has 0 aliphatic rings. The van der Waals surface area contributed by atoms with E-state index in [1.165, 1.54) is 128 Å². The molecule has 0 aliphatic heterocycles. The topological polar surface area (TPSA) is 78.9 Å². The largest absolute Gasteiger partial charge is 0.462 e. The fourth-order valence-electron chi connectivity index (χ4n) is 8.06. The van der Waals surface area contributed by atoms with Crippen molar-refractivity contribution < 1.29 is 28.6 Å². The van der Waals surface area contributed by atoms with E-state index in [4.69, 9.17) is 14.2 Å². The van der Waals surface area contributed by atoms with E-state index in [1.54, 1.807) is 0 Å². The predicted molar refractivity (Wildman–Crippen MR) is 307 cm³/mol. The zero-order valence-electron chi connectivity index (χ0n) is 46.5. The third-order valence-electron chi connectivity index (χ3n) is 12.6. The normalized spacial score (nSPS) is 12.8. The third kappa shape index (κ3) is 57.1.